The molecule has 1 aliphatic carbocycles. The van der Waals surface area contributed by atoms with Crippen LogP contribution in [-0.2, 0) is 9.53 Å². The Morgan fingerprint density at radius 1 is 1.25 bits per heavy atom. The van der Waals surface area contributed by atoms with Crippen molar-refractivity contribution in [2.75, 3.05) is 18.4 Å². The number of hydrogen-bond donors (Lipinski definition) is 1. The first-order chi connectivity index (χ1) is 11.6. The van der Waals surface area contributed by atoms with Crippen LogP contribution in [0.5, 0.6) is 0 Å². The van der Waals surface area contributed by atoms with E-state index in [1.165, 1.54) is 0 Å². The van der Waals surface area contributed by atoms with E-state index in [-0.39, 0.29) is 29.9 Å². The number of morpholine rings is 1. The third-order valence-electron chi connectivity index (χ3n) is 4.64. The number of ether oxygens (including phenoxy) is 1. The first-order valence-corrected chi connectivity index (χ1v) is 8.82. The first kappa shape index (κ1) is 16.9. The molecule has 1 saturated heterocycles. The van der Waals surface area contributed by atoms with Crippen molar-refractivity contribution in [1.82, 2.24) is 9.88 Å². The summed E-state index contributed by atoms with van der Waals surface area (Å²) in [6, 6.07) is 3.37. The van der Waals surface area contributed by atoms with Gasteiger partial charge in [-0.1, -0.05) is 13.8 Å². The number of anilines is 1. The quantitative estimate of drug-likeness (QED) is 0.899. The number of amides is 2. The Balaban J connectivity index is 1.70. The Morgan fingerprint density at radius 2 is 1.92 bits per heavy atom. The molecule has 2 heterocycles. The van der Waals surface area contributed by atoms with Crippen LogP contribution in [0.2, 0.25) is 0 Å². The first-order valence-electron chi connectivity index (χ1n) is 8.82. The fourth-order valence-corrected chi connectivity index (χ4v) is 2.93. The second kappa shape index (κ2) is 7.30. The van der Waals surface area contributed by atoms with Crippen LogP contribution in [0.1, 0.15) is 49.9 Å². The third-order valence-corrected chi connectivity index (χ3v) is 4.64. The zero-order valence-electron chi connectivity index (χ0n) is 14.3. The molecule has 1 saturated carbocycles. The molecule has 2 amide bonds. The van der Waals surface area contributed by atoms with Crippen LogP contribution in [0.4, 0.5) is 5.82 Å². The number of carbonyl (C=O) groups is 2. The molecule has 1 aromatic heterocycles. The highest BCUT2D eigenvalue weighted by molar-refractivity contribution is 5.97. The van der Waals surface area contributed by atoms with E-state index in [1.807, 2.05) is 4.90 Å². The van der Waals surface area contributed by atoms with Gasteiger partial charge in [-0.15, -0.1) is 0 Å². The fraction of sp³-hybridized carbons (Fsp3) is 0.611. The summed E-state index contributed by atoms with van der Waals surface area (Å²) in [5, 5.41) is 2.80. The van der Waals surface area contributed by atoms with E-state index in [4.69, 9.17) is 4.74 Å². The van der Waals surface area contributed by atoms with E-state index in [0.29, 0.717) is 24.5 Å². The lowest BCUT2D eigenvalue weighted by Gasteiger charge is -2.37. The van der Waals surface area contributed by atoms with Crippen molar-refractivity contribution in [3.63, 3.8) is 0 Å². The highest BCUT2D eigenvalue weighted by Crippen LogP contribution is 2.30. The number of carbonyl (C=O) groups excluding carboxylic acids is 2. The summed E-state index contributed by atoms with van der Waals surface area (Å²) in [5.41, 5.74) is 0.558. The number of nitrogens with one attached hydrogen (secondary N) is 1. The van der Waals surface area contributed by atoms with E-state index < -0.39 is 0 Å². The summed E-state index contributed by atoms with van der Waals surface area (Å²) in [4.78, 5) is 30.7. The van der Waals surface area contributed by atoms with Crippen LogP contribution in [-0.4, -0.2) is 47.0 Å². The zero-order chi connectivity index (χ0) is 17.1. The molecule has 2 fully saturated rings. The molecule has 130 valence electrons. The summed E-state index contributed by atoms with van der Waals surface area (Å²) in [5.74, 6) is 0.529. The molecule has 0 spiro atoms. The smallest absolute Gasteiger partial charge is 0.254 e. The van der Waals surface area contributed by atoms with Gasteiger partial charge in [0.15, 0.2) is 0 Å². The van der Waals surface area contributed by atoms with E-state index in [1.54, 1.807) is 18.3 Å². The van der Waals surface area contributed by atoms with Crippen molar-refractivity contribution in [2.24, 2.45) is 5.92 Å². The van der Waals surface area contributed by atoms with Gasteiger partial charge in [0.25, 0.3) is 5.91 Å². The van der Waals surface area contributed by atoms with Gasteiger partial charge >= 0.3 is 0 Å². The second-order valence-corrected chi connectivity index (χ2v) is 6.60. The lowest BCUT2D eigenvalue weighted by molar-refractivity contribution is -0.117. The molecule has 0 aromatic carbocycles. The minimum absolute atomic E-state index is 0.00411. The fourth-order valence-electron chi connectivity index (χ4n) is 2.93. The molecule has 0 radical (unpaired) electrons. The van der Waals surface area contributed by atoms with Crippen molar-refractivity contribution in [3.8, 4) is 0 Å². The predicted molar refractivity (Wildman–Crippen MR) is 90.7 cm³/mol. The molecule has 1 aliphatic heterocycles. The minimum Gasteiger partial charge on any atom is -0.371 e. The van der Waals surface area contributed by atoms with Crippen molar-refractivity contribution in [1.29, 1.82) is 0 Å². The average Bonchev–Trinajstić information content (AvgIpc) is 3.46. The molecule has 1 N–H and O–H groups in total. The number of nitrogens with zero attached hydrogens (tertiary/aromatic N) is 2. The maximum Gasteiger partial charge on any atom is 0.254 e. The van der Waals surface area contributed by atoms with Crippen LogP contribution in [0.3, 0.4) is 0 Å². The summed E-state index contributed by atoms with van der Waals surface area (Å²) < 4.78 is 5.95. The van der Waals surface area contributed by atoms with Gasteiger partial charge in [-0.2, -0.15) is 0 Å². The van der Waals surface area contributed by atoms with Gasteiger partial charge < -0.3 is 15.0 Å². The van der Waals surface area contributed by atoms with Crippen molar-refractivity contribution in [2.45, 2.75) is 51.7 Å². The van der Waals surface area contributed by atoms with Crippen molar-refractivity contribution in [3.05, 3.63) is 23.9 Å². The van der Waals surface area contributed by atoms with Crippen LogP contribution in [0.15, 0.2) is 18.3 Å². The summed E-state index contributed by atoms with van der Waals surface area (Å²) in [7, 11) is 0. The maximum atomic E-state index is 12.8. The van der Waals surface area contributed by atoms with Gasteiger partial charge in [0.05, 0.1) is 12.2 Å². The molecule has 24 heavy (non-hydrogen) atoms. The number of hydrogen-bond acceptors (Lipinski definition) is 4. The molecule has 2 atom stereocenters. The Labute approximate surface area is 142 Å². The minimum atomic E-state index is -0.0282. The van der Waals surface area contributed by atoms with Gasteiger partial charge in [0, 0.05) is 30.8 Å². The number of pyridine rings is 1. The lowest BCUT2D eigenvalue weighted by Crippen LogP contribution is -2.49. The number of aromatic nitrogens is 1. The summed E-state index contributed by atoms with van der Waals surface area (Å²) >= 11 is 0. The molecular formula is C18H25N3O3. The third kappa shape index (κ3) is 3.93. The van der Waals surface area contributed by atoms with Crippen molar-refractivity contribution >= 4 is 17.6 Å². The highest BCUT2D eigenvalue weighted by atomic mass is 16.5. The largest absolute Gasteiger partial charge is 0.371 e. The Bertz CT molecular complexity index is 603. The summed E-state index contributed by atoms with van der Waals surface area (Å²) in [6.45, 7) is 5.36. The topological polar surface area (TPSA) is 71.5 Å². The monoisotopic (exact) mass is 331 g/mol. The Morgan fingerprint density at radius 3 is 2.50 bits per heavy atom. The van der Waals surface area contributed by atoms with Gasteiger partial charge in [-0.25, -0.2) is 4.98 Å². The Hall–Kier alpha value is -1.95. The molecule has 2 unspecified atom stereocenters. The molecule has 1 aromatic rings. The normalized spacial score (nSPS) is 23.8. The van der Waals surface area contributed by atoms with Crippen LogP contribution < -0.4 is 5.32 Å². The van der Waals surface area contributed by atoms with Gasteiger partial charge in [0.2, 0.25) is 5.91 Å². The van der Waals surface area contributed by atoms with Crippen LogP contribution >= 0.6 is 0 Å². The van der Waals surface area contributed by atoms with E-state index in [2.05, 4.69) is 24.1 Å². The molecule has 0 bridgehead atoms. The van der Waals surface area contributed by atoms with Crippen LogP contribution in [0, 0.1) is 5.92 Å². The Kier molecular flexibility index (Phi) is 5.14. The molecule has 6 nitrogen and oxygen atoms in total. The standard InChI is InChI=1S/C18H25N3O3/c1-3-14-10-21(11-15(4-2)24-14)18(23)13-7-8-19-16(9-13)20-17(22)12-5-6-12/h7-9,12,14-15H,3-6,10-11H2,1-2H3,(H,19,20,22). The number of rotatable bonds is 5. The van der Waals surface area contributed by atoms with E-state index in [0.717, 1.165) is 25.7 Å². The predicted octanol–water partition coefficient (Wildman–Crippen LogP) is 2.46. The van der Waals surface area contributed by atoms with Gasteiger partial charge in [0.1, 0.15) is 5.82 Å². The van der Waals surface area contributed by atoms with Crippen LogP contribution in [0.25, 0.3) is 0 Å². The molecule has 6 heteroatoms. The highest BCUT2D eigenvalue weighted by Gasteiger charge is 2.31. The van der Waals surface area contributed by atoms with E-state index >= 15 is 0 Å². The zero-order valence-corrected chi connectivity index (χ0v) is 14.3. The van der Waals surface area contributed by atoms with Gasteiger partial charge in [-0.3, -0.25) is 9.59 Å². The summed E-state index contributed by atoms with van der Waals surface area (Å²) in [6.07, 6.45) is 5.40. The SMILES string of the molecule is CCC1CN(C(=O)c2ccnc(NC(=O)C3CC3)c2)CC(CC)O1. The van der Waals surface area contributed by atoms with Gasteiger partial charge in [-0.05, 0) is 37.8 Å². The lowest BCUT2D eigenvalue weighted by atomic mass is 10.1. The molecule has 3 rings (SSSR count). The average molecular weight is 331 g/mol. The second-order valence-electron chi connectivity index (χ2n) is 6.60. The maximum absolute atomic E-state index is 12.8. The molecular weight excluding hydrogens is 306 g/mol. The van der Waals surface area contributed by atoms with Crippen molar-refractivity contribution < 1.29 is 14.3 Å². The molecule has 2 aliphatic rings. The van der Waals surface area contributed by atoms with E-state index in [9.17, 15) is 9.59 Å².